The van der Waals surface area contributed by atoms with Crippen LogP contribution in [0.2, 0.25) is 0 Å². The minimum atomic E-state index is 0.471. The minimum Gasteiger partial charge on any atom is -0.329 e. The maximum atomic E-state index is 6.10. The Morgan fingerprint density at radius 3 is 2.30 bits per heavy atom. The van der Waals surface area contributed by atoms with E-state index in [2.05, 4.69) is 56.0 Å². The Hall–Kier alpha value is -0.860. The molecule has 0 bridgehead atoms. The largest absolute Gasteiger partial charge is 0.329 e. The van der Waals surface area contributed by atoms with E-state index in [0.29, 0.717) is 17.4 Å². The van der Waals surface area contributed by atoms with Gasteiger partial charge in [0.1, 0.15) is 0 Å². The van der Waals surface area contributed by atoms with E-state index in [0.717, 1.165) is 6.54 Å². The van der Waals surface area contributed by atoms with Crippen molar-refractivity contribution < 1.29 is 0 Å². The molecule has 1 aromatic rings. The molecule has 2 heteroatoms. The second-order valence-corrected chi connectivity index (χ2v) is 6.70. The van der Waals surface area contributed by atoms with Gasteiger partial charge in [0.2, 0.25) is 0 Å². The lowest BCUT2D eigenvalue weighted by Gasteiger charge is -2.44. The maximum Gasteiger partial charge on any atom is 0.0284 e. The third-order valence-electron chi connectivity index (χ3n) is 5.47. The molecule has 0 radical (unpaired) electrons. The smallest absolute Gasteiger partial charge is 0.0284 e. The van der Waals surface area contributed by atoms with E-state index >= 15 is 0 Å². The summed E-state index contributed by atoms with van der Waals surface area (Å²) in [6, 6.07) is 11.3. The second-order valence-electron chi connectivity index (χ2n) is 6.70. The van der Waals surface area contributed by atoms with Gasteiger partial charge >= 0.3 is 0 Å². The zero-order chi connectivity index (χ0) is 14.6. The Morgan fingerprint density at radius 1 is 1.20 bits per heavy atom. The maximum absolute atomic E-state index is 6.10. The fourth-order valence-electron chi connectivity index (χ4n) is 3.40. The zero-order valence-electron chi connectivity index (χ0n) is 13.3. The monoisotopic (exact) mass is 274 g/mol. The first kappa shape index (κ1) is 15.5. The normalized spacial score (nSPS) is 22.4. The van der Waals surface area contributed by atoms with Crippen LogP contribution in [0.1, 0.15) is 51.5 Å². The van der Waals surface area contributed by atoms with Crippen LogP contribution in [0.15, 0.2) is 30.3 Å². The first-order valence-electron chi connectivity index (χ1n) is 8.08. The van der Waals surface area contributed by atoms with Crippen molar-refractivity contribution in [2.75, 3.05) is 19.6 Å². The summed E-state index contributed by atoms with van der Waals surface area (Å²) in [6.45, 7) is 10.2. The lowest BCUT2D eigenvalue weighted by atomic mass is 9.77. The number of rotatable bonds is 5. The van der Waals surface area contributed by atoms with Crippen molar-refractivity contribution in [3.8, 4) is 0 Å². The lowest BCUT2D eigenvalue weighted by Crippen LogP contribution is -2.49. The molecule has 20 heavy (non-hydrogen) atoms. The van der Waals surface area contributed by atoms with Gasteiger partial charge in [-0.1, -0.05) is 57.5 Å². The van der Waals surface area contributed by atoms with Crippen LogP contribution in [0, 0.1) is 5.41 Å². The van der Waals surface area contributed by atoms with Gasteiger partial charge in [-0.3, -0.25) is 4.90 Å². The molecule has 1 heterocycles. The van der Waals surface area contributed by atoms with E-state index in [9.17, 15) is 0 Å². The van der Waals surface area contributed by atoms with E-state index in [1.54, 1.807) is 0 Å². The average Bonchev–Trinajstić information content (AvgIpc) is 2.51. The van der Waals surface area contributed by atoms with Crippen LogP contribution in [-0.4, -0.2) is 30.6 Å². The fraction of sp³-hybridized carbons (Fsp3) is 0.667. The van der Waals surface area contributed by atoms with Crippen LogP contribution in [0.5, 0.6) is 0 Å². The predicted molar refractivity (Wildman–Crippen MR) is 86.9 cm³/mol. The molecular formula is C18H30N2. The van der Waals surface area contributed by atoms with Crippen LogP contribution < -0.4 is 5.73 Å². The van der Waals surface area contributed by atoms with E-state index in [1.807, 2.05) is 0 Å². The summed E-state index contributed by atoms with van der Waals surface area (Å²) in [6.07, 6.45) is 3.91. The van der Waals surface area contributed by atoms with E-state index in [-0.39, 0.29) is 0 Å². The minimum absolute atomic E-state index is 0.471. The molecule has 0 spiro atoms. The van der Waals surface area contributed by atoms with Crippen LogP contribution >= 0.6 is 0 Å². The molecule has 1 fully saturated rings. The summed E-state index contributed by atoms with van der Waals surface area (Å²) in [5.74, 6) is 0.507. The lowest BCUT2D eigenvalue weighted by molar-refractivity contribution is 0.0747. The van der Waals surface area contributed by atoms with Gasteiger partial charge in [0.15, 0.2) is 0 Å². The highest BCUT2D eigenvalue weighted by Crippen LogP contribution is 2.36. The standard InChI is InChI=1S/C18H30N2/c1-4-18(3)10-12-20(13-11-18)17(14-19)15(2)16-8-6-5-7-9-16/h5-9,15,17H,4,10-14,19H2,1-3H3. The van der Waals surface area contributed by atoms with Gasteiger partial charge in [-0.05, 0) is 42.8 Å². The predicted octanol–water partition coefficient (Wildman–Crippen LogP) is 3.63. The van der Waals surface area contributed by atoms with Crippen molar-refractivity contribution in [1.29, 1.82) is 0 Å². The first-order valence-corrected chi connectivity index (χ1v) is 8.08. The Bertz CT molecular complexity index is 393. The van der Waals surface area contributed by atoms with Crippen molar-refractivity contribution in [2.24, 2.45) is 11.1 Å². The molecule has 1 saturated heterocycles. The fourth-order valence-corrected chi connectivity index (χ4v) is 3.40. The molecule has 112 valence electrons. The molecule has 2 unspecified atom stereocenters. The molecule has 1 aromatic carbocycles. The number of benzene rings is 1. The highest BCUT2D eigenvalue weighted by Gasteiger charge is 2.33. The molecule has 2 nitrogen and oxygen atoms in total. The molecule has 2 N–H and O–H groups in total. The molecular weight excluding hydrogens is 244 g/mol. The summed E-state index contributed by atoms with van der Waals surface area (Å²) in [7, 11) is 0. The van der Waals surface area contributed by atoms with Gasteiger partial charge in [-0.2, -0.15) is 0 Å². The molecule has 0 aliphatic carbocycles. The molecule has 0 aromatic heterocycles. The van der Waals surface area contributed by atoms with Crippen molar-refractivity contribution in [3.05, 3.63) is 35.9 Å². The van der Waals surface area contributed by atoms with Crippen LogP contribution in [0.4, 0.5) is 0 Å². The molecule has 1 aliphatic heterocycles. The Balaban J connectivity index is 2.03. The van der Waals surface area contributed by atoms with E-state index < -0.39 is 0 Å². The number of likely N-dealkylation sites (tertiary alicyclic amines) is 1. The van der Waals surface area contributed by atoms with Crippen molar-refractivity contribution in [3.63, 3.8) is 0 Å². The molecule has 0 amide bonds. The zero-order valence-corrected chi connectivity index (χ0v) is 13.3. The highest BCUT2D eigenvalue weighted by atomic mass is 15.2. The Morgan fingerprint density at radius 2 is 1.80 bits per heavy atom. The van der Waals surface area contributed by atoms with Crippen molar-refractivity contribution >= 4 is 0 Å². The molecule has 0 saturated carbocycles. The van der Waals surface area contributed by atoms with Gasteiger partial charge in [0.05, 0.1) is 0 Å². The molecule has 2 rings (SSSR count). The summed E-state index contributed by atoms with van der Waals surface area (Å²) < 4.78 is 0. The number of nitrogens with two attached hydrogens (primary N) is 1. The summed E-state index contributed by atoms with van der Waals surface area (Å²) in [5, 5.41) is 0. The van der Waals surface area contributed by atoms with Crippen LogP contribution in [0.3, 0.4) is 0 Å². The van der Waals surface area contributed by atoms with Gasteiger partial charge < -0.3 is 5.73 Å². The third kappa shape index (κ3) is 3.42. The van der Waals surface area contributed by atoms with Crippen LogP contribution in [-0.2, 0) is 0 Å². The number of hydrogen-bond acceptors (Lipinski definition) is 2. The first-order chi connectivity index (χ1) is 9.59. The van der Waals surface area contributed by atoms with Gasteiger partial charge in [-0.25, -0.2) is 0 Å². The van der Waals surface area contributed by atoms with Gasteiger partial charge in [0, 0.05) is 12.6 Å². The third-order valence-corrected chi connectivity index (χ3v) is 5.47. The van der Waals surface area contributed by atoms with Gasteiger partial charge in [0.25, 0.3) is 0 Å². The SMILES string of the molecule is CCC1(C)CCN(C(CN)C(C)c2ccccc2)CC1. The summed E-state index contributed by atoms with van der Waals surface area (Å²) >= 11 is 0. The van der Waals surface area contributed by atoms with Crippen molar-refractivity contribution in [2.45, 2.75) is 52.0 Å². The second kappa shape index (κ2) is 6.73. The highest BCUT2D eigenvalue weighted by molar-refractivity contribution is 5.20. The summed E-state index contributed by atoms with van der Waals surface area (Å²) in [4.78, 5) is 2.62. The quantitative estimate of drug-likeness (QED) is 0.888. The topological polar surface area (TPSA) is 29.3 Å². The molecule has 1 aliphatic rings. The Kier molecular flexibility index (Phi) is 5.22. The Labute approximate surface area is 124 Å². The van der Waals surface area contributed by atoms with Gasteiger partial charge in [-0.15, -0.1) is 0 Å². The van der Waals surface area contributed by atoms with E-state index in [1.165, 1.54) is 37.9 Å². The number of nitrogens with zero attached hydrogens (tertiary/aromatic N) is 1. The van der Waals surface area contributed by atoms with Crippen molar-refractivity contribution in [1.82, 2.24) is 4.90 Å². The molecule has 2 atom stereocenters. The van der Waals surface area contributed by atoms with Crippen LogP contribution in [0.25, 0.3) is 0 Å². The number of hydrogen-bond donors (Lipinski definition) is 1. The summed E-state index contributed by atoms with van der Waals surface area (Å²) in [5.41, 5.74) is 8.06. The number of piperidine rings is 1. The average molecular weight is 274 g/mol. The van der Waals surface area contributed by atoms with E-state index in [4.69, 9.17) is 5.73 Å².